The van der Waals surface area contributed by atoms with Crippen LogP contribution in [0.5, 0.6) is 11.5 Å². The third-order valence-electron chi connectivity index (χ3n) is 4.32. The number of aryl methyl sites for hydroxylation is 2. The molecule has 0 bridgehead atoms. The van der Waals surface area contributed by atoms with Gasteiger partial charge in [-0.05, 0) is 37.0 Å². The highest BCUT2D eigenvalue weighted by atomic mass is 19.4. The van der Waals surface area contributed by atoms with Gasteiger partial charge in [-0.3, -0.25) is 0 Å². The molecule has 0 spiro atoms. The second kappa shape index (κ2) is 5.68. The zero-order valence-electron chi connectivity index (χ0n) is 12.7. The number of fused-ring (bicyclic) bond motifs is 1. The Morgan fingerprint density at radius 3 is 2.75 bits per heavy atom. The summed E-state index contributed by atoms with van der Waals surface area (Å²) in [6.07, 6.45) is -2.05. The maximum absolute atomic E-state index is 12.6. The van der Waals surface area contributed by atoms with E-state index in [-0.39, 0.29) is 19.0 Å². The van der Waals surface area contributed by atoms with E-state index in [1.165, 1.54) is 0 Å². The summed E-state index contributed by atoms with van der Waals surface area (Å²) in [5, 5.41) is 3.69. The third kappa shape index (κ3) is 3.05. The van der Waals surface area contributed by atoms with Crippen molar-refractivity contribution in [2.75, 3.05) is 6.79 Å². The van der Waals surface area contributed by atoms with Gasteiger partial charge in [-0.25, -0.2) is 0 Å². The number of nitrogens with zero attached hydrogens (tertiary/aromatic N) is 2. The Bertz CT molecular complexity index is 744. The van der Waals surface area contributed by atoms with Gasteiger partial charge in [-0.15, -0.1) is 0 Å². The lowest BCUT2D eigenvalue weighted by Gasteiger charge is -2.02. The SMILES string of the molecule is FC(F)(F)[C@@H]1C[C@H]1c1noc(CCCc2ccc3c(c2)OCO3)n1. The maximum atomic E-state index is 12.6. The zero-order chi connectivity index (χ0) is 16.7. The van der Waals surface area contributed by atoms with Crippen molar-refractivity contribution in [3.05, 3.63) is 35.5 Å². The molecule has 2 atom stereocenters. The molecule has 24 heavy (non-hydrogen) atoms. The summed E-state index contributed by atoms with van der Waals surface area (Å²) in [6.45, 7) is 0.240. The Labute approximate surface area is 135 Å². The van der Waals surface area contributed by atoms with Crippen LogP contribution in [0.2, 0.25) is 0 Å². The normalized spacial score (nSPS) is 22.0. The first kappa shape index (κ1) is 15.3. The molecular weight excluding hydrogens is 325 g/mol. The van der Waals surface area contributed by atoms with Gasteiger partial charge >= 0.3 is 6.18 Å². The van der Waals surface area contributed by atoms with E-state index in [2.05, 4.69) is 10.1 Å². The van der Waals surface area contributed by atoms with Crippen LogP contribution in [-0.4, -0.2) is 23.1 Å². The molecule has 0 amide bonds. The highest BCUT2D eigenvalue weighted by Crippen LogP contribution is 2.55. The Morgan fingerprint density at radius 2 is 1.96 bits per heavy atom. The maximum Gasteiger partial charge on any atom is 0.392 e. The van der Waals surface area contributed by atoms with Gasteiger partial charge in [0.05, 0.1) is 5.92 Å². The number of alkyl halides is 3. The summed E-state index contributed by atoms with van der Waals surface area (Å²) in [6, 6.07) is 5.76. The predicted molar refractivity (Wildman–Crippen MR) is 75.8 cm³/mol. The summed E-state index contributed by atoms with van der Waals surface area (Å²) in [4.78, 5) is 4.10. The molecule has 0 radical (unpaired) electrons. The van der Waals surface area contributed by atoms with Crippen molar-refractivity contribution in [1.29, 1.82) is 0 Å². The molecule has 1 fully saturated rings. The molecule has 2 aliphatic rings. The van der Waals surface area contributed by atoms with Gasteiger partial charge in [0, 0.05) is 12.3 Å². The van der Waals surface area contributed by atoms with Crippen molar-refractivity contribution in [1.82, 2.24) is 10.1 Å². The van der Waals surface area contributed by atoms with E-state index in [1.807, 2.05) is 18.2 Å². The average Bonchev–Trinajstić information content (AvgIpc) is 3.01. The Kier molecular flexibility index (Phi) is 3.62. The molecule has 0 saturated heterocycles. The number of ether oxygens (including phenoxy) is 2. The Balaban J connectivity index is 1.30. The number of hydrogen-bond donors (Lipinski definition) is 0. The molecule has 128 valence electrons. The summed E-state index contributed by atoms with van der Waals surface area (Å²) in [7, 11) is 0. The number of rotatable bonds is 5. The lowest BCUT2D eigenvalue weighted by molar-refractivity contribution is -0.148. The van der Waals surface area contributed by atoms with Crippen molar-refractivity contribution < 1.29 is 27.2 Å². The fourth-order valence-corrected chi connectivity index (χ4v) is 2.90. The highest BCUT2D eigenvalue weighted by molar-refractivity contribution is 5.44. The third-order valence-corrected chi connectivity index (χ3v) is 4.32. The number of benzene rings is 1. The van der Waals surface area contributed by atoms with E-state index in [0.29, 0.717) is 12.3 Å². The number of aromatic nitrogens is 2. The Hall–Kier alpha value is -2.25. The van der Waals surface area contributed by atoms with Gasteiger partial charge in [0.2, 0.25) is 12.7 Å². The van der Waals surface area contributed by atoms with Gasteiger partial charge < -0.3 is 14.0 Å². The predicted octanol–water partition coefficient (Wildman–Crippen LogP) is 3.64. The summed E-state index contributed by atoms with van der Waals surface area (Å²) < 4.78 is 53.3. The molecule has 1 saturated carbocycles. The van der Waals surface area contributed by atoms with Crippen molar-refractivity contribution in [3.63, 3.8) is 0 Å². The van der Waals surface area contributed by atoms with E-state index in [0.717, 1.165) is 29.9 Å². The molecule has 1 aliphatic carbocycles. The smallest absolute Gasteiger partial charge is 0.392 e. The molecule has 1 aliphatic heterocycles. The topological polar surface area (TPSA) is 57.4 Å². The van der Waals surface area contributed by atoms with E-state index in [4.69, 9.17) is 14.0 Å². The molecule has 1 aromatic carbocycles. The fourth-order valence-electron chi connectivity index (χ4n) is 2.90. The van der Waals surface area contributed by atoms with Crippen LogP contribution in [-0.2, 0) is 12.8 Å². The first-order valence-electron chi connectivity index (χ1n) is 7.78. The molecule has 5 nitrogen and oxygen atoms in total. The molecule has 2 aromatic rings. The van der Waals surface area contributed by atoms with E-state index >= 15 is 0 Å². The van der Waals surface area contributed by atoms with Crippen molar-refractivity contribution in [2.45, 2.75) is 37.8 Å². The summed E-state index contributed by atoms with van der Waals surface area (Å²) in [5.41, 5.74) is 1.10. The van der Waals surface area contributed by atoms with Crippen LogP contribution in [0.15, 0.2) is 22.7 Å². The fraction of sp³-hybridized carbons (Fsp3) is 0.500. The van der Waals surface area contributed by atoms with E-state index in [1.54, 1.807) is 0 Å². The van der Waals surface area contributed by atoms with Crippen LogP contribution in [0.25, 0.3) is 0 Å². The molecule has 0 unspecified atom stereocenters. The van der Waals surface area contributed by atoms with Gasteiger partial charge in [-0.2, -0.15) is 18.2 Å². The van der Waals surface area contributed by atoms with Gasteiger partial charge in [0.1, 0.15) is 0 Å². The zero-order valence-corrected chi connectivity index (χ0v) is 12.7. The first-order chi connectivity index (χ1) is 11.5. The quantitative estimate of drug-likeness (QED) is 0.832. The van der Waals surface area contributed by atoms with Gasteiger partial charge in [-0.1, -0.05) is 11.2 Å². The van der Waals surface area contributed by atoms with Crippen LogP contribution < -0.4 is 9.47 Å². The van der Waals surface area contributed by atoms with Crippen molar-refractivity contribution in [3.8, 4) is 11.5 Å². The minimum atomic E-state index is -4.18. The van der Waals surface area contributed by atoms with E-state index in [9.17, 15) is 13.2 Å². The second-order valence-electron chi connectivity index (χ2n) is 6.08. The molecule has 8 heteroatoms. The van der Waals surface area contributed by atoms with Crippen LogP contribution in [0.3, 0.4) is 0 Å². The van der Waals surface area contributed by atoms with Crippen LogP contribution in [0.1, 0.15) is 36.0 Å². The second-order valence-corrected chi connectivity index (χ2v) is 6.08. The largest absolute Gasteiger partial charge is 0.454 e. The molecular formula is C16H15F3N2O3. The first-order valence-corrected chi connectivity index (χ1v) is 7.78. The number of hydrogen-bond acceptors (Lipinski definition) is 5. The van der Waals surface area contributed by atoms with Crippen molar-refractivity contribution in [2.24, 2.45) is 5.92 Å². The van der Waals surface area contributed by atoms with Crippen molar-refractivity contribution >= 4 is 0 Å². The molecule has 0 N–H and O–H groups in total. The lowest BCUT2D eigenvalue weighted by atomic mass is 10.1. The standard InChI is InChI=1S/C16H15F3N2O3/c17-16(18,19)11-7-10(11)15-20-14(24-21-15)3-1-2-9-4-5-12-13(6-9)23-8-22-12/h4-6,10-11H,1-3,7-8H2/t10-,11-/m1/s1. The summed E-state index contributed by atoms with van der Waals surface area (Å²) >= 11 is 0. The van der Waals surface area contributed by atoms with Gasteiger partial charge in [0.25, 0.3) is 0 Å². The van der Waals surface area contributed by atoms with Crippen LogP contribution in [0, 0.1) is 5.92 Å². The van der Waals surface area contributed by atoms with Gasteiger partial charge in [0.15, 0.2) is 17.3 Å². The Morgan fingerprint density at radius 1 is 1.12 bits per heavy atom. The van der Waals surface area contributed by atoms with E-state index < -0.39 is 18.0 Å². The van der Waals surface area contributed by atoms with Crippen LogP contribution >= 0.6 is 0 Å². The molecule has 2 heterocycles. The minimum Gasteiger partial charge on any atom is -0.454 e. The summed E-state index contributed by atoms with van der Waals surface area (Å²) in [5.74, 6) is 0.0744. The average molecular weight is 340 g/mol. The monoisotopic (exact) mass is 340 g/mol. The number of halogens is 3. The molecule has 1 aromatic heterocycles. The minimum absolute atomic E-state index is 0.0552. The lowest BCUT2D eigenvalue weighted by Crippen LogP contribution is -2.11. The molecule has 4 rings (SSSR count). The van der Waals surface area contributed by atoms with Crippen LogP contribution in [0.4, 0.5) is 13.2 Å². The highest BCUT2D eigenvalue weighted by Gasteiger charge is 2.58.